The molecule has 0 aliphatic carbocycles. The van der Waals surface area contributed by atoms with Gasteiger partial charge in [0.05, 0.1) is 10.4 Å². The summed E-state index contributed by atoms with van der Waals surface area (Å²) in [6.07, 6.45) is 0.795. The lowest BCUT2D eigenvalue weighted by atomic mass is 9.88. The van der Waals surface area contributed by atoms with E-state index in [9.17, 15) is 13.2 Å². The van der Waals surface area contributed by atoms with Crippen LogP contribution in [0, 0.1) is 11.8 Å². The summed E-state index contributed by atoms with van der Waals surface area (Å²) in [4.78, 5) is 11.7. The van der Waals surface area contributed by atoms with Gasteiger partial charge in [-0.25, -0.2) is 13.2 Å². The fourth-order valence-corrected chi connectivity index (χ4v) is 4.59. The van der Waals surface area contributed by atoms with Crippen molar-refractivity contribution < 1.29 is 12.8 Å². The second-order valence-corrected chi connectivity index (χ2v) is 8.12. The number of benzene rings is 1. The molecule has 1 aromatic heterocycles. The molecule has 3 rings (SSSR count). The van der Waals surface area contributed by atoms with Gasteiger partial charge in [0.1, 0.15) is 0 Å². The van der Waals surface area contributed by atoms with E-state index in [-0.39, 0.29) is 16.4 Å². The Balaban J connectivity index is 1.98. The highest BCUT2D eigenvalue weighted by molar-refractivity contribution is 7.89. The Morgan fingerprint density at radius 2 is 2.13 bits per heavy atom. The lowest BCUT2D eigenvalue weighted by Gasteiger charge is -2.35. The minimum Gasteiger partial charge on any atom is -0.408 e. The zero-order valence-corrected chi connectivity index (χ0v) is 14.0. The summed E-state index contributed by atoms with van der Waals surface area (Å²) in [5, 5.41) is 0. The van der Waals surface area contributed by atoms with Crippen molar-refractivity contribution >= 4 is 21.1 Å². The van der Waals surface area contributed by atoms with Crippen molar-refractivity contribution in [2.75, 3.05) is 19.6 Å². The first-order valence-corrected chi connectivity index (χ1v) is 9.08. The number of sulfonamides is 1. The van der Waals surface area contributed by atoms with E-state index in [1.165, 1.54) is 21.0 Å². The van der Waals surface area contributed by atoms with Crippen LogP contribution in [0.5, 0.6) is 0 Å². The molecule has 23 heavy (non-hydrogen) atoms. The molecule has 0 amide bonds. The van der Waals surface area contributed by atoms with Gasteiger partial charge < -0.3 is 10.2 Å². The van der Waals surface area contributed by atoms with Gasteiger partial charge in [-0.3, -0.25) is 4.57 Å². The van der Waals surface area contributed by atoms with Gasteiger partial charge in [0.25, 0.3) is 0 Å². The molecular formula is C15H21N3O4S. The Hall–Kier alpha value is -1.64. The second kappa shape index (κ2) is 5.77. The normalized spacial score (nSPS) is 23.4. The Morgan fingerprint density at radius 3 is 2.83 bits per heavy atom. The first-order chi connectivity index (χ1) is 10.8. The van der Waals surface area contributed by atoms with Gasteiger partial charge in [-0.05, 0) is 36.9 Å². The molecule has 2 N–H and O–H groups in total. The standard InChI is InChI=1S/C15H21N3O4S/c1-10-5-6-18(9-11(10)8-16)23(20,21)12-3-4-13-14(7-12)22-15(19)17(13)2/h3-4,7,10-11H,5-6,8-9,16H2,1-2H3. The van der Waals surface area contributed by atoms with Crippen LogP contribution >= 0.6 is 0 Å². The van der Waals surface area contributed by atoms with E-state index in [1.807, 2.05) is 0 Å². The quantitative estimate of drug-likeness (QED) is 0.889. The summed E-state index contributed by atoms with van der Waals surface area (Å²) in [7, 11) is -2.03. The zero-order chi connectivity index (χ0) is 16.8. The first-order valence-electron chi connectivity index (χ1n) is 7.64. The topological polar surface area (TPSA) is 98.5 Å². The third-order valence-corrected chi connectivity index (χ3v) is 6.64. The second-order valence-electron chi connectivity index (χ2n) is 6.18. The average Bonchev–Trinajstić information content (AvgIpc) is 2.82. The predicted octanol–water partition coefficient (Wildman–Crippen LogP) is 0.737. The van der Waals surface area contributed by atoms with Crippen molar-refractivity contribution in [1.82, 2.24) is 8.87 Å². The van der Waals surface area contributed by atoms with Crippen LogP contribution in [0.25, 0.3) is 11.1 Å². The van der Waals surface area contributed by atoms with Gasteiger partial charge in [-0.1, -0.05) is 6.92 Å². The Kier molecular flexibility index (Phi) is 4.07. The van der Waals surface area contributed by atoms with Gasteiger partial charge in [0.2, 0.25) is 10.0 Å². The fraction of sp³-hybridized carbons (Fsp3) is 0.533. The maximum atomic E-state index is 12.8. The van der Waals surface area contributed by atoms with Crippen LogP contribution in [0.2, 0.25) is 0 Å². The molecule has 0 spiro atoms. The number of nitrogens with two attached hydrogens (primary N) is 1. The van der Waals surface area contributed by atoms with Gasteiger partial charge in [-0.2, -0.15) is 4.31 Å². The van der Waals surface area contributed by atoms with Crippen LogP contribution in [0.15, 0.2) is 32.3 Å². The number of aryl methyl sites for hydroxylation is 1. The summed E-state index contributed by atoms with van der Waals surface area (Å²) in [5.41, 5.74) is 6.61. The van der Waals surface area contributed by atoms with E-state index in [1.54, 1.807) is 13.1 Å². The average molecular weight is 339 g/mol. The lowest BCUT2D eigenvalue weighted by molar-refractivity contribution is 0.203. The zero-order valence-electron chi connectivity index (χ0n) is 13.2. The van der Waals surface area contributed by atoms with E-state index >= 15 is 0 Å². The molecule has 2 aromatic rings. The summed E-state index contributed by atoms with van der Waals surface area (Å²) < 4.78 is 33.6. The number of nitrogens with zero attached hydrogens (tertiary/aromatic N) is 2. The Bertz CT molecular complexity index is 884. The van der Waals surface area contributed by atoms with E-state index in [0.29, 0.717) is 31.1 Å². The van der Waals surface area contributed by atoms with E-state index < -0.39 is 15.8 Å². The number of piperidine rings is 1. The van der Waals surface area contributed by atoms with E-state index in [2.05, 4.69) is 6.92 Å². The summed E-state index contributed by atoms with van der Waals surface area (Å²) in [6.45, 7) is 3.49. The molecule has 0 radical (unpaired) electrons. The smallest absolute Gasteiger partial charge is 0.408 e. The van der Waals surface area contributed by atoms with Crippen molar-refractivity contribution in [1.29, 1.82) is 0 Å². The van der Waals surface area contributed by atoms with Gasteiger partial charge in [0.15, 0.2) is 5.58 Å². The monoisotopic (exact) mass is 339 g/mol. The molecule has 1 aromatic carbocycles. The first kappa shape index (κ1) is 16.2. The maximum Gasteiger partial charge on any atom is 0.419 e. The molecule has 2 atom stereocenters. The highest BCUT2D eigenvalue weighted by Crippen LogP contribution is 2.28. The molecule has 0 saturated carbocycles. The SMILES string of the molecule is CC1CCN(S(=O)(=O)c2ccc3c(c2)oc(=O)n3C)CC1CN. The van der Waals surface area contributed by atoms with Crippen LogP contribution in [-0.4, -0.2) is 36.9 Å². The van der Waals surface area contributed by atoms with Crippen molar-refractivity contribution in [3.8, 4) is 0 Å². The number of fused-ring (bicyclic) bond motifs is 1. The van der Waals surface area contributed by atoms with Gasteiger partial charge >= 0.3 is 5.76 Å². The summed E-state index contributed by atoms with van der Waals surface area (Å²) in [6, 6.07) is 4.53. The van der Waals surface area contributed by atoms with Crippen LogP contribution in [-0.2, 0) is 17.1 Å². The third-order valence-electron chi connectivity index (χ3n) is 4.78. The van der Waals surface area contributed by atoms with Crippen LogP contribution in [0.3, 0.4) is 0 Å². The van der Waals surface area contributed by atoms with Crippen molar-refractivity contribution in [3.05, 3.63) is 28.7 Å². The van der Waals surface area contributed by atoms with Gasteiger partial charge in [0, 0.05) is 26.2 Å². The molecular weight excluding hydrogens is 318 g/mol. The van der Waals surface area contributed by atoms with Crippen molar-refractivity contribution in [2.24, 2.45) is 24.6 Å². The van der Waals surface area contributed by atoms with Gasteiger partial charge in [-0.15, -0.1) is 0 Å². The number of oxazole rings is 1. The highest BCUT2D eigenvalue weighted by atomic mass is 32.2. The van der Waals surface area contributed by atoms with Crippen molar-refractivity contribution in [2.45, 2.75) is 18.2 Å². The molecule has 1 fully saturated rings. The van der Waals surface area contributed by atoms with Crippen LogP contribution < -0.4 is 11.5 Å². The summed E-state index contributed by atoms with van der Waals surface area (Å²) in [5.74, 6) is 0.0718. The third kappa shape index (κ3) is 2.71. The number of hydrogen-bond donors (Lipinski definition) is 1. The number of aromatic nitrogens is 1. The molecule has 7 nitrogen and oxygen atoms in total. The molecule has 8 heteroatoms. The molecule has 2 heterocycles. The van der Waals surface area contributed by atoms with Crippen LogP contribution in [0.4, 0.5) is 0 Å². The number of hydrogen-bond acceptors (Lipinski definition) is 5. The molecule has 1 aliphatic heterocycles. The molecule has 1 aliphatic rings. The number of rotatable bonds is 3. The molecule has 1 saturated heterocycles. The molecule has 126 valence electrons. The molecule has 2 unspecified atom stereocenters. The highest BCUT2D eigenvalue weighted by Gasteiger charge is 2.33. The predicted molar refractivity (Wildman–Crippen MR) is 86.5 cm³/mol. The van der Waals surface area contributed by atoms with E-state index in [4.69, 9.17) is 10.2 Å². The maximum absolute atomic E-state index is 12.8. The Labute approximate surface area is 134 Å². The minimum absolute atomic E-state index is 0.143. The van der Waals surface area contributed by atoms with E-state index in [0.717, 1.165) is 6.42 Å². The van der Waals surface area contributed by atoms with Crippen molar-refractivity contribution in [3.63, 3.8) is 0 Å². The minimum atomic E-state index is -3.62. The Morgan fingerprint density at radius 1 is 1.39 bits per heavy atom. The lowest BCUT2D eigenvalue weighted by Crippen LogP contribution is -2.45. The molecule has 0 bridgehead atoms. The summed E-state index contributed by atoms with van der Waals surface area (Å²) >= 11 is 0. The largest absolute Gasteiger partial charge is 0.419 e. The fourth-order valence-electron chi connectivity index (χ4n) is 3.06. The van der Waals surface area contributed by atoms with Crippen LogP contribution in [0.1, 0.15) is 13.3 Å².